The Morgan fingerprint density at radius 3 is 2.77 bits per heavy atom. The van der Waals surface area contributed by atoms with E-state index in [4.69, 9.17) is 16.3 Å². The van der Waals surface area contributed by atoms with E-state index in [9.17, 15) is 0 Å². The van der Waals surface area contributed by atoms with Crippen molar-refractivity contribution < 1.29 is 4.74 Å². The van der Waals surface area contributed by atoms with Gasteiger partial charge in [-0.1, -0.05) is 11.6 Å². The molecule has 0 radical (unpaired) electrons. The van der Waals surface area contributed by atoms with Crippen molar-refractivity contribution in [2.45, 2.75) is 18.8 Å². The maximum Gasteiger partial charge on any atom is 0.132 e. The molecule has 4 heteroatoms. The Morgan fingerprint density at radius 1 is 1.31 bits per heavy atom. The first-order chi connectivity index (χ1) is 6.36. The summed E-state index contributed by atoms with van der Waals surface area (Å²) in [5.74, 6) is 0.495. The molecule has 0 spiro atoms. The summed E-state index contributed by atoms with van der Waals surface area (Å²) in [6.45, 7) is 1.65. The van der Waals surface area contributed by atoms with Gasteiger partial charge >= 0.3 is 0 Å². The van der Waals surface area contributed by atoms with Crippen LogP contribution >= 0.6 is 11.6 Å². The van der Waals surface area contributed by atoms with Crippen LogP contribution in [0.5, 0.6) is 0 Å². The molecular formula is C9H11ClN2O. The van der Waals surface area contributed by atoms with E-state index in [1.807, 2.05) is 6.07 Å². The number of hydrogen-bond donors (Lipinski definition) is 0. The third kappa shape index (κ3) is 2.17. The molecule has 13 heavy (non-hydrogen) atoms. The molecule has 1 aromatic rings. The third-order valence-electron chi connectivity index (χ3n) is 2.29. The fourth-order valence-electron chi connectivity index (χ4n) is 1.56. The summed E-state index contributed by atoms with van der Waals surface area (Å²) in [6.07, 6.45) is 3.59. The Labute approximate surface area is 82.1 Å². The van der Waals surface area contributed by atoms with Crippen LogP contribution in [0.25, 0.3) is 0 Å². The molecule has 1 aromatic heterocycles. The third-order valence-corrected chi connectivity index (χ3v) is 2.50. The predicted octanol–water partition coefficient (Wildman–Crippen LogP) is 2.02. The first-order valence-corrected chi connectivity index (χ1v) is 4.79. The highest BCUT2D eigenvalue weighted by atomic mass is 35.5. The average Bonchev–Trinajstić information content (AvgIpc) is 2.19. The Morgan fingerprint density at radius 2 is 2.08 bits per heavy atom. The van der Waals surface area contributed by atoms with Crippen molar-refractivity contribution in [2.75, 3.05) is 13.2 Å². The molecule has 0 amide bonds. The summed E-state index contributed by atoms with van der Waals surface area (Å²) >= 11 is 5.78. The number of nitrogens with zero attached hydrogens (tertiary/aromatic N) is 2. The summed E-state index contributed by atoms with van der Waals surface area (Å²) < 4.78 is 5.28. The Hall–Kier alpha value is -0.670. The maximum absolute atomic E-state index is 5.78. The van der Waals surface area contributed by atoms with E-state index < -0.39 is 0 Å². The molecule has 2 heterocycles. The Kier molecular flexibility index (Phi) is 2.76. The first kappa shape index (κ1) is 8.91. The topological polar surface area (TPSA) is 35.0 Å². The molecule has 0 unspecified atom stereocenters. The van der Waals surface area contributed by atoms with Crippen LogP contribution in [0, 0.1) is 0 Å². The molecule has 0 saturated carbocycles. The van der Waals surface area contributed by atoms with Crippen molar-refractivity contribution >= 4 is 11.6 Å². The summed E-state index contributed by atoms with van der Waals surface area (Å²) in [5.41, 5.74) is 1.04. The maximum atomic E-state index is 5.78. The molecule has 1 fully saturated rings. The second kappa shape index (κ2) is 4.03. The van der Waals surface area contributed by atoms with Gasteiger partial charge in [0.05, 0.1) is 0 Å². The number of hydrogen-bond acceptors (Lipinski definition) is 3. The second-order valence-electron chi connectivity index (χ2n) is 3.15. The predicted molar refractivity (Wildman–Crippen MR) is 49.8 cm³/mol. The van der Waals surface area contributed by atoms with E-state index in [2.05, 4.69) is 9.97 Å². The van der Waals surface area contributed by atoms with Gasteiger partial charge in [0.25, 0.3) is 0 Å². The van der Waals surface area contributed by atoms with Crippen LogP contribution < -0.4 is 0 Å². The van der Waals surface area contributed by atoms with Gasteiger partial charge in [-0.15, -0.1) is 0 Å². The fourth-order valence-corrected chi connectivity index (χ4v) is 1.72. The monoisotopic (exact) mass is 198 g/mol. The SMILES string of the molecule is Clc1cc(C2CCOCC2)ncn1. The first-order valence-electron chi connectivity index (χ1n) is 4.41. The van der Waals surface area contributed by atoms with Gasteiger partial charge < -0.3 is 4.74 Å². The molecule has 1 aliphatic rings. The van der Waals surface area contributed by atoms with Crippen LogP contribution in [0.4, 0.5) is 0 Å². The molecule has 1 aliphatic heterocycles. The Balaban J connectivity index is 2.14. The zero-order chi connectivity index (χ0) is 9.10. The van der Waals surface area contributed by atoms with Crippen molar-refractivity contribution in [1.29, 1.82) is 0 Å². The van der Waals surface area contributed by atoms with Gasteiger partial charge in [0.2, 0.25) is 0 Å². The largest absolute Gasteiger partial charge is 0.381 e. The molecule has 0 bridgehead atoms. The minimum absolute atomic E-state index is 0.495. The number of ether oxygens (including phenoxy) is 1. The van der Waals surface area contributed by atoms with Crippen molar-refractivity contribution in [3.05, 3.63) is 23.2 Å². The lowest BCUT2D eigenvalue weighted by Gasteiger charge is -2.21. The Bertz CT molecular complexity index is 287. The van der Waals surface area contributed by atoms with Crippen molar-refractivity contribution in [3.63, 3.8) is 0 Å². The van der Waals surface area contributed by atoms with Gasteiger partial charge in [-0.3, -0.25) is 0 Å². The van der Waals surface area contributed by atoms with Crippen molar-refractivity contribution in [3.8, 4) is 0 Å². The summed E-state index contributed by atoms with van der Waals surface area (Å²) in [7, 11) is 0. The smallest absolute Gasteiger partial charge is 0.132 e. The van der Waals surface area contributed by atoms with E-state index in [1.165, 1.54) is 6.33 Å². The van der Waals surface area contributed by atoms with Gasteiger partial charge in [0.15, 0.2) is 0 Å². The molecule has 1 saturated heterocycles. The second-order valence-corrected chi connectivity index (χ2v) is 3.54. The van der Waals surface area contributed by atoms with E-state index in [0.29, 0.717) is 11.1 Å². The van der Waals surface area contributed by atoms with Crippen LogP contribution in [0.15, 0.2) is 12.4 Å². The highest BCUT2D eigenvalue weighted by Crippen LogP contribution is 2.25. The lowest BCUT2D eigenvalue weighted by atomic mass is 9.96. The molecule has 0 aliphatic carbocycles. The van der Waals surface area contributed by atoms with Gasteiger partial charge in [-0.25, -0.2) is 9.97 Å². The van der Waals surface area contributed by atoms with Crippen molar-refractivity contribution in [1.82, 2.24) is 9.97 Å². The highest BCUT2D eigenvalue weighted by molar-refractivity contribution is 6.29. The average molecular weight is 199 g/mol. The quantitative estimate of drug-likeness (QED) is 0.648. The lowest BCUT2D eigenvalue weighted by Crippen LogP contribution is -2.15. The van der Waals surface area contributed by atoms with Crippen molar-refractivity contribution in [2.24, 2.45) is 0 Å². The summed E-state index contributed by atoms with van der Waals surface area (Å²) in [4.78, 5) is 8.07. The zero-order valence-electron chi connectivity index (χ0n) is 7.24. The molecular weight excluding hydrogens is 188 g/mol. The molecule has 2 rings (SSSR count). The molecule has 3 nitrogen and oxygen atoms in total. The van der Waals surface area contributed by atoms with E-state index >= 15 is 0 Å². The van der Waals surface area contributed by atoms with E-state index in [-0.39, 0.29) is 0 Å². The van der Waals surface area contributed by atoms with Gasteiger partial charge in [0, 0.05) is 24.8 Å². The van der Waals surface area contributed by atoms with Crippen LogP contribution in [0.3, 0.4) is 0 Å². The lowest BCUT2D eigenvalue weighted by molar-refractivity contribution is 0.0845. The minimum atomic E-state index is 0.495. The van der Waals surface area contributed by atoms with E-state index in [0.717, 1.165) is 31.7 Å². The molecule has 0 N–H and O–H groups in total. The standard InChI is InChI=1S/C9H11ClN2O/c10-9-5-8(11-6-12-9)7-1-3-13-4-2-7/h5-7H,1-4H2. The minimum Gasteiger partial charge on any atom is -0.381 e. The summed E-state index contributed by atoms with van der Waals surface area (Å²) in [5, 5.41) is 0.525. The molecule has 70 valence electrons. The highest BCUT2D eigenvalue weighted by Gasteiger charge is 2.17. The normalized spacial score (nSPS) is 18.8. The number of aromatic nitrogens is 2. The van der Waals surface area contributed by atoms with Gasteiger partial charge in [0.1, 0.15) is 11.5 Å². The van der Waals surface area contributed by atoms with Gasteiger partial charge in [-0.2, -0.15) is 0 Å². The number of rotatable bonds is 1. The fraction of sp³-hybridized carbons (Fsp3) is 0.556. The van der Waals surface area contributed by atoms with E-state index in [1.54, 1.807) is 0 Å². The summed E-state index contributed by atoms with van der Waals surface area (Å²) in [6, 6.07) is 1.84. The van der Waals surface area contributed by atoms with Crippen LogP contribution in [-0.4, -0.2) is 23.2 Å². The molecule has 0 aromatic carbocycles. The molecule has 0 atom stereocenters. The number of halogens is 1. The zero-order valence-corrected chi connectivity index (χ0v) is 8.00. The van der Waals surface area contributed by atoms with Crippen LogP contribution in [-0.2, 0) is 4.74 Å². The van der Waals surface area contributed by atoms with Crippen LogP contribution in [0.1, 0.15) is 24.5 Å². The van der Waals surface area contributed by atoms with Gasteiger partial charge in [-0.05, 0) is 18.9 Å². The van der Waals surface area contributed by atoms with Crippen LogP contribution in [0.2, 0.25) is 5.15 Å².